The Bertz CT molecular complexity index is 849. The van der Waals surface area contributed by atoms with E-state index in [1.54, 1.807) is 11.4 Å². The number of nitrogens with one attached hydrogen (secondary N) is 1. The molecule has 0 atom stereocenters. The molecule has 1 N–H and O–H groups in total. The van der Waals surface area contributed by atoms with Gasteiger partial charge in [0.25, 0.3) is 10.0 Å². The van der Waals surface area contributed by atoms with Crippen molar-refractivity contribution in [2.75, 3.05) is 18.4 Å². The van der Waals surface area contributed by atoms with E-state index in [1.165, 1.54) is 12.1 Å². The average Bonchev–Trinajstić information content (AvgIpc) is 3.09. The number of hydrogen-bond acceptors (Lipinski definition) is 4. The zero-order valence-corrected chi connectivity index (χ0v) is 16.9. The van der Waals surface area contributed by atoms with Crippen molar-refractivity contribution in [3.8, 4) is 0 Å². The minimum atomic E-state index is -3.71. The maximum Gasteiger partial charge on any atom is 0.253 e. The number of amides is 1. The molecule has 140 valence electrons. The predicted octanol–water partition coefficient (Wildman–Crippen LogP) is 3.86. The Kier molecular flexibility index (Phi) is 6.39. The van der Waals surface area contributed by atoms with Crippen molar-refractivity contribution >= 4 is 33.0 Å². The molecule has 0 aliphatic rings. The summed E-state index contributed by atoms with van der Waals surface area (Å²) in [4.78, 5) is 12.3. The lowest BCUT2D eigenvalue weighted by Crippen LogP contribution is -2.37. The van der Waals surface area contributed by atoms with Crippen molar-refractivity contribution in [2.24, 2.45) is 0 Å². The van der Waals surface area contributed by atoms with Crippen LogP contribution < -0.4 is 5.32 Å². The standard InChI is InChI=1S/C19H24N2O3S2/c1-5-12-21(26(23,24)18-7-6-13-25-18)14-17(22)20-16-10-8-15(9-11-16)19(2,3)4/h5-11,13H,1,12,14H2,2-4H3,(H,20,22). The Hall–Kier alpha value is -1.96. The number of nitrogens with zero attached hydrogens (tertiary/aromatic N) is 1. The van der Waals surface area contributed by atoms with E-state index in [4.69, 9.17) is 0 Å². The van der Waals surface area contributed by atoms with Crippen molar-refractivity contribution in [1.29, 1.82) is 0 Å². The molecule has 5 nitrogen and oxygen atoms in total. The Labute approximate surface area is 159 Å². The van der Waals surface area contributed by atoms with E-state index >= 15 is 0 Å². The molecule has 0 unspecified atom stereocenters. The van der Waals surface area contributed by atoms with Crippen LogP contribution in [0.1, 0.15) is 26.3 Å². The summed E-state index contributed by atoms with van der Waals surface area (Å²) in [7, 11) is -3.71. The normalized spacial score (nSPS) is 12.2. The molecule has 0 radical (unpaired) electrons. The van der Waals surface area contributed by atoms with Crippen molar-refractivity contribution in [3.63, 3.8) is 0 Å². The molecule has 0 saturated heterocycles. The maximum absolute atomic E-state index is 12.6. The van der Waals surface area contributed by atoms with Crippen LogP contribution >= 0.6 is 11.3 Å². The van der Waals surface area contributed by atoms with Gasteiger partial charge in [-0.25, -0.2) is 8.42 Å². The molecule has 1 heterocycles. The topological polar surface area (TPSA) is 66.5 Å². The highest BCUT2D eigenvalue weighted by molar-refractivity contribution is 7.91. The van der Waals surface area contributed by atoms with E-state index in [2.05, 4.69) is 32.7 Å². The summed E-state index contributed by atoms with van der Waals surface area (Å²) >= 11 is 1.12. The van der Waals surface area contributed by atoms with Crippen molar-refractivity contribution in [2.45, 2.75) is 30.4 Å². The summed E-state index contributed by atoms with van der Waals surface area (Å²) in [6.45, 7) is 9.72. The number of hydrogen-bond donors (Lipinski definition) is 1. The van der Waals surface area contributed by atoms with Gasteiger partial charge in [0.05, 0.1) is 6.54 Å². The summed E-state index contributed by atoms with van der Waals surface area (Å²) in [5.74, 6) is -0.393. The van der Waals surface area contributed by atoms with E-state index in [-0.39, 0.29) is 22.7 Å². The highest BCUT2D eigenvalue weighted by Crippen LogP contribution is 2.24. The molecule has 1 amide bonds. The van der Waals surface area contributed by atoms with Crippen LogP contribution in [0, 0.1) is 0 Å². The van der Waals surface area contributed by atoms with Crippen molar-refractivity contribution < 1.29 is 13.2 Å². The quantitative estimate of drug-likeness (QED) is 0.728. The van der Waals surface area contributed by atoms with Crippen LogP contribution in [0.3, 0.4) is 0 Å². The SMILES string of the molecule is C=CCN(CC(=O)Nc1ccc(C(C)(C)C)cc1)S(=O)(=O)c1cccs1. The summed E-state index contributed by atoms with van der Waals surface area (Å²) < 4.78 is 26.6. The first-order valence-corrected chi connectivity index (χ1v) is 10.5. The number of thiophene rings is 1. The number of carbonyl (C=O) groups excluding carboxylic acids is 1. The van der Waals surface area contributed by atoms with Crippen LogP contribution in [-0.4, -0.2) is 31.7 Å². The second-order valence-corrected chi connectivity index (χ2v) is 10.0. The molecule has 0 saturated carbocycles. The van der Waals surface area contributed by atoms with E-state index in [0.29, 0.717) is 5.69 Å². The molecular weight excluding hydrogens is 368 g/mol. The first-order chi connectivity index (χ1) is 12.1. The first-order valence-electron chi connectivity index (χ1n) is 8.19. The molecule has 2 aromatic rings. The smallest absolute Gasteiger partial charge is 0.253 e. The molecule has 2 rings (SSSR count). The molecule has 7 heteroatoms. The highest BCUT2D eigenvalue weighted by atomic mass is 32.2. The van der Waals surface area contributed by atoms with Gasteiger partial charge >= 0.3 is 0 Å². The monoisotopic (exact) mass is 392 g/mol. The average molecular weight is 393 g/mol. The molecule has 0 fully saturated rings. The molecule has 26 heavy (non-hydrogen) atoms. The minimum Gasteiger partial charge on any atom is -0.325 e. The van der Waals surface area contributed by atoms with Crippen LogP contribution in [0.25, 0.3) is 0 Å². The maximum atomic E-state index is 12.6. The molecular formula is C19H24N2O3S2. The Morgan fingerprint density at radius 3 is 2.38 bits per heavy atom. The minimum absolute atomic E-state index is 0.0259. The van der Waals surface area contributed by atoms with Crippen LogP contribution in [0.2, 0.25) is 0 Å². The first kappa shape index (κ1) is 20.4. The lowest BCUT2D eigenvalue weighted by molar-refractivity contribution is -0.116. The molecule has 0 aliphatic heterocycles. The summed E-state index contributed by atoms with van der Waals surface area (Å²) in [5.41, 5.74) is 1.82. The lowest BCUT2D eigenvalue weighted by Gasteiger charge is -2.20. The van der Waals surface area contributed by atoms with Crippen LogP contribution in [0.15, 0.2) is 58.6 Å². The zero-order chi connectivity index (χ0) is 19.4. The molecule has 0 aliphatic carbocycles. The number of rotatable bonds is 7. The fourth-order valence-corrected chi connectivity index (χ4v) is 4.85. The number of sulfonamides is 1. The largest absolute Gasteiger partial charge is 0.325 e. The highest BCUT2D eigenvalue weighted by Gasteiger charge is 2.26. The number of benzene rings is 1. The van der Waals surface area contributed by atoms with E-state index in [1.807, 2.05) is 24.3 Å². The van der Waals surface area contributed by atoms with Gasteiger partial charge in [0, 0.05) is 12.2 Å². The Morgan fingerprint density at radius 1 is 1.23 bits per heavy atom. The van der Waals surface area contributed by atoms with Gasteiger partial charge in [0.15, 0.2) is 0 Å². The van der Waals surface area contributed by atoms with Gasteiger partial charge in [-0.15, -0.1) is 17.9 Å². The van der Waals surface area contributed by atoms with Gasteiger partial charge in [-0.1, -0.05) is 45.0 Å². The van der Waals surface area contributed by atoms with Gasteiger partial charge in [-0.3, -0.25) is 4.79 Å². The van der Waals surface area contributed by atoms with Crippen molar-refractivity contribution in [1.82, 2.24) is 4.31 Å². The number of carbonyl (C=O) groups is 1. The molecule has 1 aromatic carbocycles. The van der Waals surface area contributed by atoms with Gasteiger partial charge in [-0.2, -0.15) is 4.31 Å². The molecule has 0 spiro atoms. The fourth-order valence-electron chi connectivity index (χ4n) is 2.34. The fraction of sp³-hybridized carbons (Fsp3) is 0.316. The van der Waals surface area contributed by atoms with E-state index in [9.17, 15) is 13.2 Å². The molecule has 1 aromatic heterocycles. The Balaban J connectivity index is 2.10. The van der Waals surface area contributed by atoms with Gasteiger partial charge < -0.3 is 5.32 Å². The van der Waals surface area contributed by atoms with Crippen LogP contribution in [0.5, 0.6) is 0 Å². The summed E-state index contributed by atoms with van der Waals surface area (Å²) in [6.07, 6.45) is 1.47. The van der Waals surface area contributed by atoms with Gasteiger partial charge in [-0.05, 0) is 34.6 Å². The third kappa shape index (κ3) is 5.03. The van der Waals surface area contributed by atoms with Crippen LogP contribution in [-0.2, 0) is 20.2 Å². The molecule has 0 bridgehead atoms. The summed E-state index contributed by atoms with van der Waals surface area (Å²) in [6, 6.07) is 10.8. The third-order valence-corrected chi connectivity index (χ3v) is 6.96. The number of anilines is 1. The zero-order valence-electron chi connectivity index (χ0n) is 15.2. The second kappa shape index (κ2) is 8.16. The van der Waals surface area contributed by atoms with Gasteiger partial charge in [0.1, 0.15) is 4.21 Å². The lowest BCUT2D eigenvalue weighted by atomic mass is 9.87. The third-order valence-electron chi connectivity index (χ3n) is 3.78. The second-order valence-electron chi connectivity index (χ2n) is 6.89. The van der Waals surface area contributed by atoms with Crippen LogP contribution in [0.4, 0.5) is 5.69 Å². The van der Waals surface area contributed by atoms with E-state index < -0.39 is 15.9 Å². The Morgan fingerprint density at radius 2 is 1.88 bits per heavy atom. The van der Waals surface area contributed by atoms with Gasteiger partial charge in [0.2, 0.25) is 5.91 Å². The van der Waals surface area contributed by atoms with Crippen molar-refractivity contribution in [3.05, 3.63) is 60.0 Å². The summed E-state index contributed by atoms with van der Waals surface area (Å²) in [5, 5.41) is 4.44. The predicted molar refractivity (Wildman–Crippen MR) is 107 cm³/mol. The van der Waals surface area contributed by atoms with E-state index in [0.717, 1.165) is 21.2 Å².